The summed E-state index contributed by atoms with van der Waals surface area (Å²) < 4.78 is 38.4. The van der Waals surface area contributed by atoms with Crippen LogP contribution in [0.3, 0.4) is 0 Å². The van der Waals surface area contributed by atoms with E-state index in [-0.39, 0.29) is 41.4 Å². The molecule has 6 nitrogen and oxygen atoms in total. The second kappa shape index (κ2) is 6.86. The van der Waals surface area contributed by atoms with Crippen LogP contribution < -0.4 is 11.1 Å². The zero-order chi connectivity index (χ0) is 18.0. The van der Waals surface area contributed by atoms with Gasteiger partial charge in [0.25, 0.3) is 6.01 Å². The van der Waals surface area contributed by atoms with Crippen molar-refractivity contribution in [1.82, 2.24) is 4.98 Å². The van der Waals surface area contributed by atoms with Crippen molar-refractivity contribution >= 4 is 28.8 Å². The van der Waals surface area contributed by atoms with Crippen LogP contribution in [0.2, 0.25) is 0 Å². The Morgan fingerprint density at radius 1 is 1.32 bits per heavy atom. The molecule has 0 radical (unpaired) electrons. The Kier molecular flexibility index (Phi) is 4.62. The first-order chi connectivity index (χ1) is 12.0. The number of anilines is 2. The molecule has 0 atom stereocenters. The number of halogens is 2. The maximum Gasteiger partial charge on any atom is 0.302 e. The first-order valence-electron chi connectivity index (χ1n) is 7.45. The molecule has 0 spiro atoms. The zero-order valence-electron chi connectivity index (χ0n) is 13.3. The average Bonchev–Trinajstić information content (AvgIpc) is 2.98. The van der Waals surface area contributed by atoms with Crippen molar-refractivity contribution in [2.75, 3.05) is 5.32 Å². The highest BCUT2D eigenvalue weighted by atomic mass is 19.1. The molecule has 0 aliphatic rings. The molecule has 0 unspecified atom stereocenters. The number of aromatic nitrogens is 1. The highest BCUT2D eigenvalue weighted by Crippen LogP contribution is 2.28. The molecule has 1 heterocycles. The van der Waals surface area contributed by atoms with Crippen molar-refractivity contribution in [3.05, 3.63) is 53.1 Å². The number of rotatable bonds is 5. The van der Waals surface area contributed by atoms with Crippen LogP contribution in [0.5, 0.6) is 0 Å². The van der Waals surface area contributed by atoms with Gasteiger partial charge in [-0.15, -0.1) is 0 Å². The number of nitrogens with two attached hydrogens (primary N) is 1. The highest BCUT2D eigenvalue weighted by Gasteiger charge is 2.16. The van der Waals surface area contributed by atoms with Gasteiger partial charge in [-0.1, -0.05) is 12.1 Å². The molecule has 0 saturated carbocycles. The Morgan fingerprint density at radius 2 is 2.12 bits per heavy atom. The van der Waals surface area contributed by atoms with Gasteiger partial charge in [-0.3, -0.25) is 4.79 Å². The van der Waals surface area contributed by atoms with E-state index in [1.807, 2.05) is 0 Å². The molecule has 0 aliphatic carbocycles. The number of fused-ring (bicyclic) bond motifs is 1. The molecule has 3 rings (SSSR count). The van der Waals surface area contributed by atoms with Crippen LogP contribution in [0.25, 0.3) is 11.1 Å². The van der Waals surface area contributed by atoms with Crippen LogP contribution in [-0.4, -0.2) is 11.0 Å². The van der Waals surface area contributed by atoms with Gasteiger partial charge in [0.2, 0.25) is 0 Å². The number of nitrogens with one attached hydrogen (secondary N) is 1. The summed E-state index contributed by atoms with van der Waals surface area (Å²) in [5.41, 5.74) is 6.55. The zero-order valence-corrected chi connectivity index (χ0v) is 13.3. The van der Waals surface area contributed by atoms with Crippen LogP contribution in [0, 0.1) is 11.6 Å². The van der Waals surface area contributed by atoms with Gasteiger partial charge in [-0.2, -0.15) is 4.98 Å². The van der Waals surface area contributed by atoms with Crippen LogP contribution in [0.4, 0.5) is 20.5 Å². The Bertz CT molecular complexity index is 940. The first kappa shape index (κ1) is 16.8. The molecule has 0 saturated heterocycles. The van der Waals surface area contributed by atoms with Crippen molar-refractivity contribution < 1.29 is 22.7 Å². The number of oxazole rings is 1. The van der Waals surface area contributed by atoms with Crippen LogP contribution >= 0.6 is 0 Å². The molecule has 0 amide bonds. The number of hydrogen-bond acceptors (Lipinski definition) is 6. The van der Waals surface area contributed by atoms with Crippen LogP contribution in [0.1, 0.15) is 18.1 Å². The quantitative estimate of drug-likeness (QED) is 0.688. The summed E-state index contributed by atoms with van der Waals surface area (Å²) in [7, 11) is 0. The van der Waals surface area contributed by atoms with Gasteiger partial charge >= 0.3 is 5.97 Å². The minimum atomic E-state index is -0.669. The summed E-state index contributed by atoms with van der Waals surface area (Å²) >= 11 is 0. The highest BCUT2D eigenvalue weighted by molar-refractivity contribution is 5.77. The largest absolute Gasteiger partial charge is 0.461 e. The SMILES string of the molecule is CC(=O)OCc1ccc2nc(Nc3cccc(F)c3CN)oc2c1F. The molecular formula is C17H15F2N3O3. The summed E-state index contributed by atoms with van der Waals surface area (Å²) in [6.07, 6.45) is 0. The first-order valence-corrected chi connectivity index (χ1v) is 7.45. The molecule has 1 aromatic heterocycles. The van der Waals surface area contributed by atoms with Crippen LogP contribution in [0.15, 0.2) is 34.7 Å². The number of esters is 1. The smallest absolute Gasteiger partial charge is 0.302 e. The average molecular weight is 347 g/mol. The van der Waals surface area contributed by atoms with E-state index in [2.05, 4.69) is 10.3 Å². The van der Waals surface area contributed by atoms with Crippen molar-refractivity contribution in [2.24, 2.45) is 5.73 Å². The van der Waals surface area contributed by atoms with Crippen molar-refractivity contribution in [3.8, 4) is 0 Å². The Hall–Kier alpha value is -3.00. The lowest BCUT2D eigenvalue weighted by atomic mass is 10.1. The third kappa shape index (κ3) is 3.43. The number of nitrogens with zero attached hydrogens (tertiary/aromatic N) is 1. The van der Waals surface area contributed by atoms with Crippen molar-refractivity contribution in [2.45, 2.75) is 20.1 Å². The van der Waals surface area contributed by atoms with Gasteiger partial charge in [0, 0.05) is 30.3 Å². The predicted molar refractivity (Wildman–Crippen MR) is 87.0 cm³/mol. The van der Waals surface area contributed by atoms with E-state index < -0.39 is 17.6 Å². The lowest BCUT2D eigenvalue weighted by Crippen LogP contribution is -2.04. The lowest BCUT2D eigenvalue weighted by Gasteiger charge is -2.08. The molecule has 3 aromatic rings. The van der Waals surface area contributed by atoms with E-state index in [0.717, 1.165) is 0 Å². The molecule has 3 N–H and O–H groups in total. The Balaban J connectivity index is 1.93. The van der Waals surface area contributed by atoms with E-state index >= 15 is 0 Å². The van der Waals surface area contributed by atoms with E-state index in [4.69, 9.17) is 14.9 Å². The van der Waals surface area contributed by atoms with Crippen molar-refractivity contribution in [3.63, 3.8) is 0 Å². The fourth-order valence-corrected chi connectivity index (χ4v) is 2.34. The van der Waals surface area contributed by atoms with E-state index in [1.165, 1.54) is 25.1 Å². The molecule has 0 bridgehead atoms. The maximum absolute atomic E-state index is 14.4. The monoisotopic (exact) mass is 347 g/mol. The van der Waals surface area contributed by atoms with E-state index in [0.29, 0.717) is 5.69 Å². The Morgan fingerprint density at radius 3 is 2.84 bits per heavy atom. The van der Waals surface area contributed by atoms with Gasteiger partial charge in [0.05, 0.1) is 0 Å². The van der Waals surface area contributed by atoms with Gasteiger partial charge in [-0.05, 0) is 18.2 Å². The van der Waals surface area contributed by atoms with Gasteiger partial charge in [-0.25, -0.2) is 8.78 Å². The minimum Gasteiger partial charge on any atom is -0.461 e. The minimum absolute atomic E-state index is 0.00108. The molecule has 8 heteroatoms. The number of benzene rings is 2. The number of carbonyl (C=O) groups is 1. The van der Waals surface area contributed by atoms with Crippen LogP contribution in [-0.2, 0) is 22.7 Å². The second-order valence-corrected chi connectivity index (χ2v) is 5.28. The van der Waals surface area contributed by atoms with E-state index in [9.17, 15) is 13.6 Å². The summed E-state index contributed by atoms with van der Waals surface area (Å²) in [4.78, 5) is 15.0. The van der Waals surface area contributed by atoms with Gasteiger partial charge < -0.3 is 20.2 Å². The number of carbonyl (C=O) groups excluding carboxylic acids is 1. The number of ether oxygens (including phenoxy) is 1. The second-order valence-electron chi connectivity index (χ2n) is 5.28. The normalized spacial score (nSPS) is 10.9. The summed E-state index contributed by atoms with van der Waals surface area (Å²) in [6, 6.07) is 7.42. The molecule has 130 valence electrons. The van der Waals surface area contributed by atoms with Gasteiger partial charge in [0.1, 0.15) is 17.9 Å². The van der Waals surface area contributed by atoms with E-state index in [1.54, 1.807) is 12.1 Å². The lowest BCUT2D eigenvalue weighted by molar-refractivity contribution is -0.142. The molecule has 25 heavy (non-hydrogen) atoms. The van der Waals surface area contributed by atoms with Crippen molar-refractivity contribution in [1.29, 1.82) is 0 Å². The molecular weight excluding hydrogens is 332 g/mol. The Labute approximate surface area is 141 Å². The predicted octanol–water partition coefficient (Wildman–Crippen LogP) is 3.37. The third-order valence-electron chi connectivity index (χ3n) is 3.57. The standard InChI is InChI=1S/C17H15F2N3O3/c1-9(23)24-8-10-5-6-14-16(15(10)19)25-17(22-14)21-13-4-2-3-12(18)11(13)7-20/h2-6H,7-8,20H2,1H3,(H,21,22). The summed E-state index contributed by atoms with van der Waals surface area (Å²) in [6.45, 7) is 1.01. The topological polar surface area (TPSA) is 90.4 Å². The maximum atomic E-state index is 14.4. The number of hydrogen-bond donors (Lipinski definition) is 2. The van der Waals surface area contributed by atoms with Gasteiger partial charge in [0.15, 0.2) is 11.4 Å². The third-order valence-corrected chi connectivity index (χ3v) is 3.57. The molecule has 2 aromatic carbocycles. The summed E-state index contributed by atoms with van der Waals surface area (Å²) in [5.74, 6) is -1.64. The summed E-state index contributed by atoms with van der Waals surface area (Å²) in [5, 5.41) is 2.80. The fourth-order valence-electron chi connectivity index (χ4n) is 2.34. The molecule has 0 fully saturated rings. The molecule has 0 aliphatic heterocycles. The fraction of sp³-hybridized carbons (Fsp3) is 0.176.